The van der Waals surface area contributed by atoms with Crippen LogP contribution in [-0.4, -0.2) is 0 Å². The third kappa shape index (κ3) is 25.9. The number of rotatable bonds is 2. The first-order valence-corrected chi connectivity index (χ1v) is 4.05. The fourth-order valence-corrected chi connectivity index (χ4v) is 0.471. The van der Waals surface area contributed by atoms with Crippen LogP contribution in [0.25, 0.3) is 0 Å². The minimum atomic E-state index is 1.16. The molecule has 0 bridgehead atoms. The summed E-state index contributed by atoms with van der Waals surface area (Å²) in [7, 11) is 0. The Kier molecular flexibility index (Phi) is 19.3. The third-order valence-electron chi connectivity index (χ3n) is 0.943. The molecule has 0 aromatic heterocycles. The summed E-state index contributed by atoms with van der Waals surface area (Å²) in [6, 6.07) is 0. The SMILES string of the molecule is CC=CCC.CC=CCC. The lowest BCUT2D eigenvalue weighted by Gasteiger charge is -1.65. The van der Waals surface area contributed by atoms with Gasteiger partial charge in [0.1, 0.15) is 0 Å². The van der Waals surface area contributed by atoms with Crippen molar-refractivity contribution >= 4 is 0 Å². The molecule has 0 nitrogen and oxygen atoms in total. The van der Waals surface area contributed by atoms with E-state index in [1.54, 1.807) is 0 Å². The molecule has 0 fully saturated rings. The summed E-state index contributed by atoms with van der Waals surface area (Å²) in [5.74, 6) is 0. The van der Waals surface area contributed by atoms with E-state index in [2.05, 4.69) is 38.2 Å². The zero-order valence-corrected chi connectivity index (χ0v) is 7.72. The van der Waals surface area contributed by atoms with Gasteiger partial charge in [0, 0.05) is 0 Å². The maximum absolute atomic E-state index is 2.12. The zero-order valence-electron chi connectivity index (χ0n) is 7.72. The molecule has 0 N–H and O–H groups in total. The van der Waals surface area contributed by atoms with Gasteiger partial charge in [-0.1, -0.05) is 38.2 Å². The van der Waals surface area contributed by atoms with E-state index >= 15 is 0 Å². The van der Waals surface area contributed by atoms with Crippen molar-refractivity contribution in [3.8, 4) is 0 Å². The van der Waals surface area contributed by atoms with Gasteiger partial charge in [0.2, 0.25) is 0 Å². The summed E-state index contributed by atoms with van der Waals surface area (Å²) < 4.78 is 0. The summed E-state index contributed by atoms with van der Waals surface area (Å²) in [6.45, 7) is 8.31. The lowest BCUT2D eigenvalue weighted by molar-refractivity contribution is 1.22. The minimum Gasteiger partial charge on any atom is -0.0917 e. The second kappa shape index (κ2) is 15.8. The summed E-state index contributed by atoms with van der Waals surface area (Å²) in [5, 5.41) is 0. The number of hydrogen-bond acceptors (Lipinski definition) is 0. The normalized spacial score (nSPS) is 10.0. The number of hydrogen-bond donors (Lipinski definition) is 0. The summed E-state index contributed by atoms with van der Waals surface area (Å²) in [6.07, 6.45) is 10.7. The molecular formula is C10H20. The van der Waals surface area contributed by atoms with Crippen LogP contribution in [0.4, 0.5) is 0 Å². The Labute approximate surface area is 65.7 Å². The van der Waals surface area contributed by atoms with Gasteiger partial charge in [0.25, 0.3) is 0 Å². The van der Waals surface area contributed by atoms with E-state index < -0.39 is 0 Å². The Morgan fingerprint density at radius 2 is 1.10 bits per heavy atom. The second-order valence-electron chi connectivity index (χ2n) is 1.95. The van der Waals surface area contributed by atoms with Crippen LogP contribution >= 0.6 is 0 Å². The van der Waals surface area contributed by atoms with Gasteiger partial charge in [0.05, 0.1) is 0 Å². The van der Waals surface area contributed by atoms with Crippen molar-refractivity contribution < 1.29 is 0 Å². The predicted octanol–water partition coefficient (Wildman–Crippen LogP) is 3.95. The number of allylic oxidation sites excluding steroid dienone is 4. The second-order valence-corrected chi connectivity index (χ2v) is 1.95. The summed E-state index contributed by atoms with van der Waals surface area (Å²) in [5.41, 5.74) is 0. The molecule has 0 aliphatic heterocycles. The van der Waals surface area contributed by atoms with Crippen LogP contribution in [0.15, 0.2) is 24.3 Å². The van der Waals surface area contributed by atoms with E-state index in [0.717, 1.165) is 12.8 Å². The maximum atomic E-state index is 2.12. The molecule has 60 valence electrons. The molecule has 0 aliphatic rings. The Balaban J connectivity index is 0. The molecule has 0 rings (SSSR count). The Bertz CT molecular complexity index is 66.0. The molecule has 10 heavy (non-hydrogen) atoms. The molecular weight excluding hydrogens is 120 g/mol. The highest BCUT2D eigenvalue weighted by molar-refractivity contribution is 4.73. The molecule has 0 aromatic carbocycles. The van der Waals surface area contributed by atoms with Gasteiger partial charge < -0.3 is 0 Å². The van der Waals surface area contributed by atoms with Crippen LogP contribution in [-0.2, 0) is 0 Å². The molecule has 0 aliphatic carbocycles. The highest BCUT2D eigenvalue weighted by Crippen LogP contribution is 1.74. The Morgan fingerprint density at radius 1 is 0.800 bits per heavy atom. The predicted molar refractivity (Wildman–Crippen MR) is 50.2 cm³/mol. The molecule has 0 heteroatoms. The Morgan fingerprint density at radius 3 is 1.10 bits per heavy atom. The molecule has 0 heterocycles. The van der Waals surface area contributed by atoms with Crippen LogP contribution in [0.3, 0.4) is 0 Å². The minimum absolute atomic E-state index is 1.16. The first kappa shape index (κ1) is 12.2. The van der Waals surface area contributed by atoms with Gasteiger partial charge in [-0.15, -0.1) is 0 Å². The van der Waals surface area contributed by atoms with Gasteiger partial charge >= 0.3 is 0 Å². The molecule has 0 spiro atoms. The van der Waals surface area contributed by atoms with E-state index in [1.165, 1.54) is 0 Å². The van der Waals surface area contributed by atoms with Crippen LogP contribution in [0.2, 0.25) is 0 Å². The quantitative estimate of drug-likeness (QED) is 0.509. The average molecular weight is 140 g/mol. The largest absolute Gasteiger partial charge is 0.0917 e. The van der Waals surface area contributed by atoms with E-state index in [0.29, 0.717) is 0 Å². The topological polar surface area (TPSA) is 0 Å². The highest BCUT2D eigenvalue weighted by Gasteiger charge is 1.52. The van der Waals surface area contributed by atoms with Crippen molar-refractivity contribution in [2.24, 2.45) is 0 Å². The smallest absolute Gasteiger partial charge is 0.0379 e. The van der Waals surface area contributed by atoms with Crippen molar-refractivity contribution in [3.05, 3.63) is 24.3 Å². The van der Waals surface area contributed by atoms with Gasteiger partial charge in [-0.25, -0.2) is 0 Å². The third-order valence-corrected chi connectivity index (χ3v) is 0.943. The molecule has 0 aromatic rings. The lowest BCUT2D eigenvalue weighted by Crippen LogP contribution is -1.43. The standard InChI is InChI=1S/2C5H10/c2*1-3-5-4-2/h2*3,5H,4H2,1-2H3. The summed E-state index contributed by atoms with van der Waals surface area (Å²) in [4.78, 5) is 0. The van der Waals surface area contributed by atoms with Gasteiger partial charge in [-0.05, 0) is 26.7 Å². The van der Waals surface area contributed by atoms with Crippen molar-refractivity contribution in [1.82, 2.24) is 0 Å². The van der Waals surface area contributed by atoms with E-state index in [-0.39, 0.29) is 0 Å². The molecule has 0 saturated heterocycles. The maximum Gasteiger partial charge on any atom is -0.0379 e. The first-order chi connectivity index (χ1) is 4.83. The van der Waals surface area contributed by atoms with E-state index in [1.807, 2.05) is 13.8 Å². The van der Waals surface area contributed by atoms with Crippen LogP contribution in [0.1, 0.15) is 40.5 Å². The van der Waals surface area contributed by atoms with Crippen LogP contribution in [0, 0.1) is 0 Å². The fourth-order valence-electron chi connectivity index (χ4n) is 0.471. The van der Waals surface area contributed by atoms with Crippen molar-refractivity contribution in [2.45, 2.75) is 40.5 Å². The first-order valence-electron chi connectivity index (χ1n) is 4.05. The van der Waals surface area contributed by atoms with Crippen LogP contribution < -0.4 is 0 Å². The van der Waals surface area contributed by atoms with E-state index in [4.69, 9.17) is 0 Å². The van der Waals surface area contributed by atoms with Crippen LogP contribution in [0.5, 0.6) is 0 Å². The van der Waals surface area contributed by atoms with Crippen molar-refractivity contribution in [1.29, 1.82) is 0 Å². The van der Waals surface area contributed by atoms with Gasteiger partial charge in [0.15, 0.2) is 0 Å². The highest BCUT2D eigenvalue weighted by atomic mass is 13.6. The molecule has 0 atom stereocenters. The fraction of sp³-hybridized carbons (Fsp3) is 0.600. The van der Waals surface area contributed by atoms with E-state index in [9.17, 15) is 0 Å². The Hall–Kier alpha value is -0.520. The lowest BCUT2D eigenvalue weighted by atomic mass is 10.4. The van der Waals surface area contributed by atoms with Crippen molar-refractivity contribution in [2.75, 3.05) is 0 Å². The summed E-state index contributed by atoms with van der Waals surface area (Å²) >= 11 is 0. The monoisotopic (exact) mass is 140 g/mol. The molecule has 0 unspecified atom stereocenters. The van der Waals surface area contributed by atoms with Gasteiger partial charge in [-0.2, -0.15) is 0 Å². The molecule has 0 saturated carbocycles. The zero-order chi connectivity index (χ0) is 8.24. The molecule has 0 radical (unpaired) electrons. The van der Waals surface area contributed by atoms with Gasteiger partial charge in [-0.3, -0.25) is 0 Å². The average Bonchev–Trinajstić information content (AvgIpc) is 1.93. The van der Waals surface area contributed by atoms with Crippen molar-refractivity contribution in [3.63, 3.8) is 0 Å². The molecule has 0 amide bonds.